The van der Waals surface area contributed by atoms with Crippen molar-refractivity contribution >= 4 is 10.0 Å². The number of nitrogens with zero attached hydrogens (tertiary/aromatic N) is 2. The molecule has 2 rings (SSSR count). The summed E-state index contributed by atoms with van der Waals surface area (Å²) in [4.78, 5) is 0. The summed E-state index contributed by atoms with van der Waals surface area (Å²) in [7, 11) is -3.36. The number of unbranched alkanes of at least 4 members (excludes halogenated alkanes) is 1. The third kappa shape index (κ3) is 3.86. The van der Waals surface area contributed by atoms with E-state index in [1.165, 1.54) is 4.31 Å². The average molecular weight is 322 g/mol. The molecule has 1 aromatic rings. The van der Waals surface area contributed by atoms with E-state index in [1.54, 1.807) is 0 Å². The van der Waals surface area contributed by atoms with Gasteiger partial charge in [0, 0.05) is 19.0 Å². The van der Waals surface area contributed by atoms with Gasteiger partial charge in [-0.3, -0.25) is 0 Å². The maximum Gasteiger partial charge on any atom is 0.214 e. The Hall–Kier alpha value is -1.42. The van der Waals surface area contributed by atoms with Crippen molar-refractivity contribution in [1.82, 2.24) is 4.31 Å². The van der Waals surface area contributed by atoms with Crippen molar-refractivity contribution in [3.8, 4) is 6.07 Å². The fraction of sp³-hybridized carbons (Fsp3) is 0.562. The van der Waals surface area contributed by atoms with Crippen molar-refractivity contribution in [2.75, 3.05) is 18.9 Å². The first-order valence-corrected chi connectivity index (χ1v) is 9.10. The molecular formula is C16H22N2O3S. The predicted molar refractivity (Wildman–Crippen MR) is 84.7 cm³/mol. The lowest BCUT2D eigenvalue weighted by molar-refractivity contribution is -0.0291. The fourth-order valence-electron chi connectivity index (χ4n) is 2.71. The van der Waals surface area contributed by atoms with Gasteiger partial charge in [-0.2, -0.15) is 9.57 Å². The topological polar surface area (TPSA) is 70.4 Å². The zero-order chi connectivity index (χ0) is 16.2. The SMILES string of the molecule is Cc1ccccc1[C@H]1CN(S(=O)(=O)CCCC#N)[C@H](C)CO1. The molecule has 1 heterocycles. The van der Waals surface area contributed by atoms with Crippen molar-refractivity contribution in [3.63, 3.8) is 0 Å². The molecule has 0 spiro atoms. The van der Waals surface area contributed by atoms with E-state index < -0.39 is 10.0 Å². The highest BCUT2D eigenvalue weighted by Crippen LogP contribution is 2.29. The van der Waals surface area contributed by atoms with E-state index >= 15 is 0 Å². The summed E-state index contributed by atoms with van der Waals surface area (Å²) in [6.07, 6.45) is 0.403. The molecule has 2 atom stereocenters. The van der Waals surface area contributed by atoms with Crippen LogP contribution < -0.4 is 0 Å². The summed E-state index contributed by atoms with van der Waals surface area (Å²) in [6.45, 7) is 4.58. The normalized spacial score (nSPS) is 23.1. The lowest BCUT2D eigenvalue weighted by atomic mass is 10.0. The molecule has 1 aliphatic rings. The van der Waals surface area contributed by atoms with Gasteiger partial charge in [0.25, 0.3) is 0 Å². The van der Waals surface area contributed by atoms with Crippen molar-refractivity contribution in [1.29, 1.82) is 5.26 Å². The summed E-state index contributed by atoms with van der Waals surface area (Å²) in [5.41, 5.74) is 2.13. The maximum atomic E-state index is 12.5. The summed E-state index contributed by atoms with van der Waals surface area (Å²) in [5.74, 6) is 0.0192. The molecule has 120 valence electrons. The van der Waals surface area contributed by atoms with Crippen LogP contribution in [0.3, 0.4) is 0 Å². The third-order valence-corrected chi connectivity index (χ3v) is 5.99. The van der Waals surface area contributed by atoms with Crippen LogP contribution in [0, 0.1) is 18.3 Å². The lowest BCUT2D eigenvalue weighted by Crippen LogP contribution is -2.49. The largest absolute Gasteiger partial charge is 0.370 e. The van der Waals surface area contributed by atoms with Gasteiger partial charge in [0.05, 0.1) is 24.5 Å². The molecule has 0 unspecified atom stereocenters. The zero-order valence-electron chi connectivity index (χ0n) is 13.0. The van der Waals surface area contributed by atoms with Gasteiger partial charge in [-0.15, -0.1) is 0 Å². The van der Waals surface area contributed by atoms with Gasteiger partial charge in [0.15, 0.2) is 0 Å². The van der Waals surface area contributed by atoms with Crippen LogP contribution in [0.5, 0.6) is 0 Å². The smallest absolute Gasteiger partial charge is 0.214 e. The fourth-order valence-corrected chi connectivity index (χ4v) is 4.42. The number of ether oxygens (including phenoxy) is 1. The van der Waals surface area contributed by atoms with Gasteiger partial charge < -0.3 is 4.74 Å². The molecular weight excluding hydrogens is 300 g/mol. The second kappa shape index (κ2) is 7.23. The molecule has 22 heavy (non-hydrogen) atoms. The van der Waals surface area contributed by atoms with E-state index in [0.29, 0.717) is 19.6 Å². The van der Waals surface area contributed by atoms with E-state index in [-0.39, 0.29) is 24.3 Å². The Morgan fingerprint density at radius 3 is 2.82 bits per heavy atom. The van der Waals surface area contributed by atoms with Crippen LogP contribution in [0.15, 0.2) is 24.3 Å². The number of hydrogen-bond donors (Lipinski definition) is 0. The number of nitriles is 1. The molecule has 0 bridgehead atoms. The van der Waals surface area contributed by atoms with Gasteiger partial charge in [-0.25, -0.2) is 8.42 Å². The van der Waals surface area contributed by atoms with E-state index in [0.717, 1.165) is 11.1 Å². The second-order valence-corrected chi connectivity index (χ2v) is 7.72. The van der Waals surface area contributed by atoms with Gasteiger partial charge in [0.1, 0.15) is 0 Å². The quantitative estimate of drug-likeness (QED) is 0.780. The minimum Gasteiger partial charge on any atom is -0.370 e. The highest BCUT2D eigenvalue weighted by atomic mass is 32.2. The van der Waals surface area contributed by atoms with Crippen LogP contribution in [0.1, 0.15) is 37.0 Å². The van der Waals surface area contributed by atoms with Crippen molar-refractivity contribution < 1.29 is 13.2 Å². The van der Waals surface area contributed by atoms with Gasteiger partial charge >= 0.3 is 0 Å². The summed E-state index contributed by atoms with van der Waals surface area (Å²) in [6, 6.07) is 9.70. The van der Waals surface area contributed by atoms with Crippen LogP contribution in [-0.4, -0.2) is 37.7 Å². The predicted octanol–water partition coefficient (Wildman–Crippen LogP) is 2.39. The Bertz CT molecular complexity index is 652. The molecule has 0 N–H and O–H groups in total. The van der Waals surface area contributed by atoms with Crippen LogP contribution in [0.25, 0.3) is 0 Å². The Morgan fingerprint density at radius 2 is 2.14 bits per heavy atom. The molecule has 5 nitrogen and oxygen atoms in total. The lowest BCUT2D eigenvalue weighted by Gasteiger charge is -2.37. The maximum absolute atomic E-state index is 12.5. The van der Waals surface area contributed by atoms with Crippen LogP contribution >= 0.6 is 0 Å². The van der Waals surface area contributed by atoms with Gasteiger partial charge in [-0.05, 0) is 31.4 Å². The first-order chi connectivity index (χ1) is 10.5. The first-order valence-electron chi connectivity index (χ1n) is 7.49. The Labute approximate surface area is 132 Å². The Kier molecular flexibility index (Phi) is 5.57. The van der Waals surface area contributed by atoms with E-state index in [4.69, 9.17) is 10.00 Å². The molecule has 1 aliphatic heterocycles. The van der Waals surface area contributed by atoms with Crippen LogP contribution in [0.4, 0.5) is 0 Å². The number of morpholine rings is 1. The van der Waals surface area contributed by atoms with Crippen LogP contribution in [-0.2, 0) is 14.8 Å². The van der Waals surface area contributed by atoms with Crippen molar-refractivity contribution in [2.24, 2.45) is 0 Å². The number of benzene rings is 1. The third-order valence-electron chi connectivity index (χ3n) is 3.96. The highest BCUT2D eigenvalue weighted by molar-refractivity contribution is 7.89. The molecule has 1 saturated heterocycles. The first kappa shape index (κ1) is 16.9. The van der Waals surface area contributed by atoms with Gasteiger partial charge in [-0.1, -0.05) is 24.3 Å². The average Bonchev–Trinajstić information content (AvgIpc) is 2.48. The minimum atomic E-state index is -3.36. The Balaban J connectivity index is 2.15. The molecule has 0 aromatic heterocycles. The van der Waals surface area contributed by atoms with E-state index in [1.807, 2.05) is 44.2 Å². The summed E-state index contributed by atoms with van der Waals surface area (Å²) < 4.78 is 32.4. The monoisotopic (exact) mass is 322 g/mol. The van der Waals surface area contributed by atoms with Crippen molar-refractivity contribution in [2.45, 2.75) is 38.8 Å². The zero-order valence-corrected chi connectivity index (χ0v) is 13.8. The summed E-state index contributed by atoms with van der Waals surface area (Å²) >= 11 is 0. The molecule has 0 amide bonds. The number of rotatable bonds is 5. The summed E-state index contributed by atoms with van der Waals surface area (Å²) in [5, 5.41) is 8.57. The van der Waals surface area contributed by atoms with E-state index in [9.17, 15) is 8.42 Å². The van der Waals surface area contributed by atoms with Gasteiger partial charge in [0.2, 0.25) is 10.0 Å². The second-order valence-electron chi connectivity index (χ2n) is 5.67. The van der Waals surface area contributed by atoms with E-state index in [2.05, 4.69) is 0 Å². The molecule has 0 radical (unpaired) electrons. The number of aryl methyl sites for hydroxylation is 1. The highest BCUT2D eigenvalue weighted by Gasteiger charge is 2.35. The van der Waals surface area contributed by atoms with Crippen molar-refractivity contribution in [3.05, 3.63) is 35.4 Å². The van der Waals surface area contributed by atoms with Crippen LogP contribution in [0.2, 0.25) is 0 Å². The minimum absolute atomic E-state index is 0.0192. The molecule has 6 heteroatoms. The molecule has 1 aromatic carbocycles. The molecule has 0 saturated carbocycles. The standard InChI is InChI=1S/C16H22N2O3S/c1-13-7-3-4-8-15(13)16-11-18(14(2)12-21-16)22(19,20)10-6-5-9-17/h3-4,7-8,14,16H,5-6,10-12H2,1-2H3/t14-,16-/m1/s1. The Morgan fingerprint density at radius 1 is 1.41 bits per heavy atom. The number of sulfonamides is 1. The number of hydrogen-bond acceptors (Lipinski definition) is 4. The molecule has 1 fully saturated rings. The molecule has 0 aliphatic carbocycles.